The second-order valence-electron chi connectivity index (χ2n) is 1.66. The summed E-state index contributed by atoms with van der Waals surface area (Å²) < 4.78 is 8.72. The maximum absolute atomic E-state index is 10.5. The smallest absolute Gasteiger partial charge is 0.414 e. The van der Waals surface area contributed by atoms with Crippen LogP contribution in [-0.4, -0.2) is 36.2 Å². The summed E-state index contributed by atoms with van der Waals surface area (Å²) in [6.07, 6.45) is 0.541. The average Bonchev–Trinajstić information content (AvgIpc) is 2.02. The van der Waals surface area contributed by atoms with Gasteiger partial charge < -0.3 is 15.0 Å². The van der Waals surface area contributed by atoms with E-state index in [0.29, 0.717) is 6.21 Å². The van der Waals surface area contributed by atoms with E-state index in [-0.39, 0.29) is 6.61 Å². The summed E-state index contributed by atoms with van der Waals surface area (Å²) in [5.74, 6) is -1.54. The van der Waals surface area contributed by atoms with E-state index in [9.17, 15) is 9.59 Å². The van der Waals surface area contributed by atoms with Crippen molar-refractivity contribution in [1.29, 1.82) is 0 Å². The van der Waals surface area contributed by atoms with Crippen LogP contribution >= 0.6 is 0 Å². The fourth-order valence-electron chi connectivity index (χ4n) is 0.417. The molecular weight excluding hydrogens is 164 g/mol. The van der Waals surface area contributed by atoms with Gasteiger partial charge in [-0.1, -0.05) is 0 Å². The zero-order valence-corrected chi connectivity index (χ0v) is 6.52. The molecule has 0 aromatic carbocycles. The Morgan fingerprint density at radius 1 is 1.50 bits per heavy atom. The first-order valence-electron chi connectivity index (χ1n) is 3.20. The molecule has 0 radical (unpaired) electrons. The Labute approximate surface area is 68.7 Å². The number of carbonyl (C=O) groups excluding carboxylic acids is 2. The van der Waals surface area contributed by atoms with Gasteiger partial charge in [-0.3, -0.25) is 0 Å². The predicted octanol–water partition coefficient (Wildman–Crippen LogP) is -0.607. The Morgan fingerprint density at radius 3 is 2.67 bits per heavy atom. The van der Waals surface area contributed by atoms with Gasteiger partial charge >= 0.3 is 18.2 Å². The Bertz CT molecular complexity index is 220. The molecule has 0 bridgehead atoms. The molecule has 0 aliphatic heterocycles. The maximum Gasteiger partial charge on any atom is 0.414 e. The molecule has 12 heavy (non-hydrogen) atoms. The van der Waals surface area contributed by atoms with Crippen LogP contribution in [0.4, 0.5) is 0 Å². The normalized spacial score (nSPS) is 8.08. The van der Waals surface area contributed by atoms with Crippen LogP contribution in [0.25, 0.3) is 5.53 Å². The highest BCUT2D eigenvalue weighted by Gasteiger charge is 2.07. The number of nitrogens with zero attached hydrogens (tertiary/aromatic N) is 2. The van der Waals surface area contributed by atoms with Crippen LogP contribution in [0.2, 0.25) is 0 Å². The molecule has 0 amide bonds. The Morgan fingerprint density at radius 2 is 2.17 bits per heavy atom. The molecule has 0 saturated heterocycles. The standard InChI is InChI=1S/C6H8N2O4/c1-2-11-6(10)4-12-5(9)3-8-7/h3H,2,4H2,1H3. The van der Waals surface area contributed by atoms with Crippen LogP contribution < -0.4 is 0 Å². The number of hydrogen-bond donors (Lipinski definition) is 0. The Balaban J connectivity index is 3.61. The fraction of sp³-hybridized carbons (Fsp3) is 0.500. The van der Waals surface area contributed by atoms with Gasteiger partial charge in [0.15, 0.2) is 6.61 Å². The lowest BCUT2D eigenvalue weighted by molar-refractivity contribution is -0.155. The van der Waals surface area contributed by atoms with Crippen LogP contribution in [0, 0.1) is 0 Å². The molecule has 6 heteroatoms. The lowest BCUT2D eigenvalue weighted by Crippen LogP contribution is -2.16. The molecule has 0 spiro atoms. The maximum atomic E-state index is 10.5. The highest BCUT2D eigenvalue weighted by atomic mass is 16.6. The monoisotopic (exact) mass is 172 g/mol. The van der Waals surface area contributed by atoms with Crippen molar-refractivity contribution in [2.45, 2.75) is 6.92 Å². The van der Waals surface area contributed by atoms with Gasteiger partial charge in [-0.15, -0.1) is 0 Å². The van der Waals surface area contributed by atoms with Crippen molar-refractivity contribution in [3.8, 4) is 0 Å². The van der Waals surface area contributed by atoms with E-state index in [1.807, 2.05) is 0 Å². The molecule has 0 heterocycles. The van der Waals surface area contributed by atoms with E-state index in [1.54, 1.807) is 6.92 Å². The molecule has 0 aromatic heterocycles. The van der Waals surface area contributed by atoms with E-state index in [1.165, 1.54) is 0 Å². The molecule has 0 unspecified atom stereocenters. The summed E-state index contributed by atoms with van der Waals surface area (Å²) in [5, 5.41) is 0. The second kappa shape index (κ2) is 6.06. The van der Waals surface area contributed by atoms with Crippen molar-refractivity contribution in [2.24, 2.45) is 0 Å². The molecular formula is C6H8N2O4. The van der Waals surface area contributed by atoms with Crippen molar-refractivity contribution in [1.82, 2.24) is 0 Å². The van der Waals surface area contributed by atoms with Crippen molar-refractivity contribution >= 4 is 18.2 Å². The van der Waals surface area contributed by atoms with E-state index in [0.717, 1.165) is 0 Å². The summed E-state index contributed by atoms with van der Waals surface area (Å²) in [6.45, 7) is 1.39. The molecule has 0 rings (SSSR count). The number of hydrogen-bond acceptors (Lipinski definition) is 4. The molecule has 0 aliphatic carbocycles. The minimum Gasteiger partial charge on any atom is -0.463 e. The van der Waals surface area contributed by atoms with E-state index >= 15 is 0 Å². The Kier molecular flexibility index (Phi) is 5.21. The van der Waals surface area contributed by atoms with E-state index < -0.39 is 18.5 Å². The molecule has 0 saturated carbocycles. The summed E-state index contributed by atoms with van der Waals surface area (Å²) in [7, 11) is 0. The van der Waals surface area contributed by atoms with Gasteiger partial charge in [-0.25, -0.2) is 9.59 Å². The number of esters is 2. The summed E-state index contributed by atoms with van der Waals surface area (Å²) in [5.41, 5.74) is 7.86. The minimum atomic E-state index is -0.898. The largest absolute Gasteiger partial charge is 0.463 e. The van der Waals surface area contributed by atoms with Crippen molar-refractivity contribution in [3.05, 3.63) is 5.53 Å². The molecule has 66 valence electrons. The molecule has 0 atom stereocenters. The molecule has 6 nitrogen and oxygen atoms in total. The van der Waals surface area contributed by atoms with Crippen LogP contribution in [0.3, 0.4) is 0 Å². The molecule has 0 N–H and O–H groups in total. The minimum absolute atomic E-state index is 0.227. The fourth-order valence-corrected chi connectivity index (χ4v) is 0.417. The third kappa shape index (κ3) is 5.13. The molecule has 0 aromatic rings. The van der Waals surface area contributed by atoms with Crippen molar-refractivity contribution in [3.63, 3.8) is 0 Å². The summed E-state index contributed by atoms with van der Waals surface area (Å²) >= 11 is 0. The van der Waals surface area contributed by atoms with Gasteiger partial charge in [0.1, 0.15) is 0 Å². The highest BCUT2D eigenvalue weighted by Crippen LogP contribution is 1.80. The third-order valence-corrected chi connectivity index (χ3v) is 0.801. The van der Waals surface area contributed by atoms with Gasteiger partial charge in [0.05, 0.1) is 6.61 Å². The predicted molar refractivity (Wildman–Crippen MR) is 37.3 cm³/mol. The number of ether oxygens (including phenoxy) is 2. The second-order valence-corrected chi connectivity index (χ2v) is 1.66. The zero-order chi connectivity index (χ0) is 9.40. The first kappa shape index (κ1) is 10.3. The van der Waals surface area contributed by atoms with Gasteiger partial charge in [-0.2, -0.15) is 4.79 Å². The van der Waals surface area contributed by atoms with Crippen LogP contribution in [-0.2, 0) is 19.1 Å². The molecule has 0 aliphatic rings. The van der Waals surface area contributed by atoms with Crippen molar-refractivity contribution < 1.29 is 23.9 Å². The first-order chi connectivity index (χ1) is 5.70. The lowest BCUT2D eigenvalue weighted by Gasteiger charge is -1.99. The quantitative estimate of drug-likeness (QED) is 0.245. The van der Waals surface area contributed by atoms with Gasteiger partial charge in [0, 0.05) is 0 Å². The van der Waals surface area contributed by atoms with Gasteiger partial charge in [-0.05, 0) is 6.92 Å². The number of carbonyl (C=O) groups is 2. The van der Waals surface area contributed by atoms with Crippen LogP contribution in [0.1, 0.15) is 6.92 Å². The first-order valence-corrected chi connectivity index (χ1v) is 3.20. The number of rotatable bonds is 4. The summed E-state index contributed by atoms with van der Waals surface area (Å²) in [4.78, 5) is 23.4. The van der Waals surface area contributed by atoms with E-state index in [2.05, 4.69) is 14.3 Å². The van der Waals surface area contributed by atoms with Crippen LogP contribution in [0.5, 0.6) is 0 Å². The average molecular weight is 172 g/mol. The Hall–Kier alpha value is -1.68. The summed E-state index contributed by atoms with van der Waals surface area (Å²) in [6, 6.07) is 0. The lowest BCUT2D eigenvalue weighted by atomic mass is 10.7. The van der Waals surface area contributed by atoms with Gasteiger partial charge in [0.25, 0.3) is 0 Å². The van der Waals surface area contributed by atoms with Gasteiger partial charge in [0.2, 0.25) is 0 Å². The van der Waals surface area contributed by atoms with Crippen molar-refractivity contribution in [2.75, 3.05) is 13.2 Å². The SMILES string of the molecule is CCOC(=O)COC(=O)C=[N+]=[N-]. The molecule has 0 fully saturated rings. The topological polar surface area (TPSA) is 89.0 Å². The highest BCUT2D eigenvalue weighted by molar-refractivity contribution is 6.20. The van der Waals surface area contributed by atoms with E-state index in [4.69, 9.17) is 5.53 Å². The zero-order valence-electron chi connectivity index (χ0n) is 6.52. The third-order valence-electron chi connectivity index (χ3n) is 0.801. The van der Waals surface area contributed by atoms with Crippen LogP contribution in [0.15, 0.2) is 0 Å².